The second-order valence-corrected chi connectivity index (χ2v) is 7.70. The maximum Gasteiger partial charge on any atom is 0.262 e. The van der Waals surface area contributed by atoms with E-state index < -0.39 is 5.91 Å². The van der Waals surface area contributed by atoms with E-state index >= 15 is 0 Å². The van der Waals surface area contributed by atoms with Crippen LogP contribution < -0.4 is 14.8 Å². The molecule has 4 rings (SSSR count). The van der Waals surface area contributed by atoms with Crippen LogP contribution in [-0.2, 0) is 17.9 Å². The van der Waals surface area contributed by atoms with Crippen LogP contribution in [0.3, 0.4) is 0 Å². The van der Waals surface area contributed by atoms with Crippen LogP contribution in [0.1, 0.15) is 16.7 Å². The van der Waals surface area contributed by atoms with Gasteiger partial charge in [-0.2, -0.15) is 5.26 Å². The van der Waals surface area contributed by atoms with E-state index in [9.17, 15) is 10.1 Å². The molecule has 168 valence electrons. The lowest BCUT2D eigenvalue weighted by Crippen LogP contribution is -2.23. The summed E-state index contributed by atoms with van der Waals surface area (Å²) in [5.74, 6) is 1.04. The van der Waals surface area contributed by atoms with Crippen molar-refractivity contribution in [2.75, 3.05) is 7.11 Å². The Morgan fingerprint density at radius 1 is 0.912 bits per heavy atom. The molecule has 0 spiro atoms. The number of carbonyl (C=O) groups is 1. The first kappa shape index (κ1) is 22.6. The third-order valence-electron chi connectivity index (χ3n) is 5.44. The fraction of sp³-hybridized carbons (Fsp3) is 0.103. The van der Waals surface area contributed by atoms with Crippen molar-refractivity contribution in [2.45, 2.75) is 13.2 Å². The van der Waals surface area contributed by atoms with Gasteiger partial charge in [-0.15, -0.1) is 0 Å². The number of benzene rings is 4. The van der Waals surface area contributed by atoms with Crippen molar-refractivity contribution >= 4 is 22.8 Å². The van der Waals surface area contributed by atoms with Crippen LogP contribution in [0, 0.1) is 11.3 Å². The van der Waals surface area contributed by atoms with Crippen LogP contribution in [0.5, 0.6) is 11.5 Å². The number of fused-ring (bicyclic) bond motifs is 1. The summed E-state index contributed by atoms with van der Waals surface area (Å²) in [4.78, 5) is 12.5. The minimum absolute atomic E-state index is 0.0398. The van der Waals surface area contributed by atoms with Crippen LogP contribution in [0.2, 0.25) is 0 Å². The summed E-state index contributed by atoms with van der Waals surface area (Å²) in [5, 5.41) is 14.6. The third-order valence-corrected chi connectivity index (χ3v) is 5.44. The number of nitrogens with one attached hydrogen (secondary N) is 1. The Bertz CT molecular complexity index is 1350. The molecule has 0 saturated heterocycles. The minimum Gasteiger partial charge on any atom is -0.497 e. The average molecular weight is 449 g/mol. The fourth-order valence-electron chi connectivity index (χ4n) is 3.58. The zero-order valence-electron chi connectivity index (χ0n) is 18.8. The largest absolute Gasteiger partial charge is 0.497 e. The molecule has 1 amide bonds. The molecule has 0 radical (unpaired) electrons. The van der Waals surface area contributed by atoms with E-state index in [1.165, 1.54) is 10.8 Å². The second-order valence-electron chi connectivity index (χ2n) is 7.70. The lowest BCUT2D eigenvalue weighted by atomic mass is 10.1. The highest BCUT2D eigenvalue weighted by Gasteiger charge is 2.09. The molecule has 0 aromatic heterocycles. The Morgan fingerprint density at radius 3 is 2.35 bits per heavy atom. The molecule has 0 aliphatic heterocycles. The molecule has 0 unspecified atom stereocenters. The van der Waals surface area contributed by atoms with Gasteiger partial charge in [-0.25, -0.2) is 0 Å². The van der Waals surface area contributed by atoms with Gasteiger partial charge in [-0.3, -0.25) is 4.79 Å². The molecule has 0 aliphatic carbocycles. The summed E-state index contributed by atoms with van der Waals surface area (Å²) in [6.45, 7) is 0.774. The Morgan fingerprint density at radius 2 is 1.62 bits per heavy atom. The zero-order chi connectivity index (χ0) is 23.8. The molecule has 5 heteroatoms. The van der Waals surface area contributed by atoms with Gasteiger partial charge in [0.2, 0.25) is 0 Å². The SMILES string of the molecule is COc1ccc(CNC(=O)/C(C#N)=C\c2ccc(OCc3cccc4ccccc34)cc2)cc1. The van der Waals surface area contributed by atoms with E-state index in [1.807, 2.05) is 72.8 Å². The molecule has 4 aromatic carbocycles. The number of hydrogen-bond acceptors (Lipinski definition) is 4. The molecule has 4 aromatic rings. The number of nitrogens with zero attached hydrogens (tertiary/aromatic N) is 1. The van der Waals surface area contributed by atoms with E-state index in [-0.39, 0.29) is 5.57 Å². The number of hydrogen-bond donors (Lipinski definition) is 1. The number of ether oxygens (including phenoxy) is 2. The van der Waals surface area contributed by atoms with Crippen molar-refractivity contribution in [1.29, 1.82) is 5.26 Å². The Kier molecular flexibility index (Phi) is 7.22. The van der Waals surface area contributed by atoms with Gasteiger partial charge in [0, 0.05) is 6.54 Å². The standard InChI is InChI=1S/C29H24N2O3/c1-33-26-13-11-22(12-14-26)19-31-29(32)25(18-30)17-21-9-15-27(16-10-21)34-20-24-7-4-6-23-5-2-3-8-28(23)24/h2-17H,19-20H2,1H3,(H,31,32)/b25-17-. The quantitative estimate of drug-likeness (QED) is 0.279. The van der Waals surface area contributed by atoms with E-state index in [0.29, 0.717) is 18.9 Å². The second kappa shape index (κ2) is 10.8. The normalized spacial score (nSPS) is 11.0. The number of nitriles is 1. The number of carbonyl (C=O) groups excluding carboxylic acids is 1. The molecule has 0 atom stereocenters. The molecule has 0 saturated carbocycles. The minimum atomic E-state index is -0.422. The molecule has 0 bridgehead atoms. The van der Waals surface area contributed by atoms with Crippen molar-refractivity contribution in [3.8, 4) is 17.6 Å². The van der Waals surface area contributed by atoms with Crippen LogP contribution in [0.25, 0.3) is 16.8 Å². The van der Waals surface area contributed by atoms with Gasteiger partial charge in [0.25, 0.3) is 5.91 Å². The number of rotatable bonds is 8. The summed E-state index contributed by atoms with van der Waals surface area (Å²) < 4.78 is 11.1. The predicted octanol–water partition coefficient (Wildman–Crippen LogP) is 5.65. The molecule has 34 heavy (non-hydrogen) atoms. The molecule has 0 aliphatic rings. The van der Waals surface area contributed by atoms with Gasteiger partial charge >= 0.3 is 0 Å². The Balaban J connectivity index is 1.37. The molecule has 0 fully saturated rings. The first-order valence-electron chi connectivity index (χ1n) is 10.9. The summed E-state index contributed by atoms with van der Waals surface area (Å²) in [6, 6.07) is 31.1. The van der Waals surface area contributed by atoms with Gasteiger partial charge < -0.3 is 14.8 Å². The van der Waals surface area contributed by atoms with Gasteiger partial charge in [0.15, 0.2) is 0 Å². The Hall–Kier alpha value is -4.56. The highest BCUT2D eigenvalue weighted by Crippen LogP contribution is 2.21. The first-order chi connectivity index (χ1) is 16.7. The molecular formula is C29H24N2O3. The number of methoxy groups -OCH3 is 1. The van der Waals surface area contributed by atoms with Crippen molar-refractivity contribution < 1.29 is 14.3 Å². The highest BCUT2D eigenvalue weighted by atomic mass is 16.5. The van der Waals surface area contributed by atoms with E-state index in [0.717, 1.165) is 22.4 Å². The van der Waals surface area contributed by atoms with Crippen molar-refractivity contribution in [1.82, 2.24) is 5.32 Å². The molecule has 0 heterocycles. The zero-order valence-corrected chi connectivity index (χ0v) is 18.8. The maximum atomic E-state index is 12.5. The van der Waals surface area contributed by atoms with Crippen LogP contribution in [-0.4, -0.2) is 13.0 Å². The van der Waals surface area contributed by atoms with Crippen LogP contribution in [0.15, 0.2) is 96.6 Å². The summed E-state index contributed by atoms with van der Waals surface area (Å²) in [5.41, 5.74) is 2.81. The molecule has 5 nitrogen and oxygen atoms in total. The topological polar surface area (TPSA) is 71.3 Å². The van der Waals surface area contributed by atoms with E-state index in [2.05, 4.69) is 29.6 Å². The smallest absolute Gasteiger partial charge is 0.262 e. The molecule has 1 N–H and O–H groups in total. The van der Waals surface area contributed by atoms with Gasteiger partial charge in [-0.05, 0) is 57.8 Å². The Labute approximate surface area is 198 Å². The van der Waals surface area contributed by atoms with Gasteiger partial charge in [0.05, 0.1) is 7.11 Å². The van der Waals surface area contributed by atoms with Crippen molar-refractivity contribution in [3.63, 3.8) is 0 Å². The average Bonchev–Trinajstić information content (AvgIpc) is 2.90. The highest BCUT2D eigenvalue weighted by molar-refractivity contribution is 6.01. The van der Waals surface area contributed by atoms with Gasteiger partial charge in [0.1, 0.15) is 29.7 Å². The number of amides is 1. The van der Waals surface area contributed by atoms with E-state index in [1.54, 1.807) is 13.2 Å². The molecular weight excluding hydrogens is 424 g/mol. The summed E-state index contributed by atoms with van der Waals surface area (Å²) in [6.07, 6.45) is 1.57. The van der Waals surface area contributed by atoms with Crippen molar-refractivity contribution in [2.24, 2.45) is 0 Å². The summed E-state index contributed by atoms with van der Waals surface area (Å²) in [7, 11) is 1.60. The lowest BCUT2D eigenvalue weighted by Gasteiger charge is -2.09. The van der Waals surface area contributed by atoms with Gasteiger partial charge in [-0.1, -0.05) is 66.7 Å². The lowest BCUT2D eigenvalue weighted by molar-refractivity contribution is -0.117. The maximum absolute atomic E-state index is 12.5. The van der Waals surface area contributed by atoms with Crippen LogP contribution in [0.4, 0.5) is 0 Å². The fourth-order valence-corrected chi connectivity index (χ4v) is 3.58. The van der Waals surface area contributed by atoms with Crippen molar-refractivity contribution in [3.05, 3.63) is 113 Å². The summed E-state index contributed by atoms with van der Waals surface area (Å²) >= 11 is 0. The van der Waals surface area contributed by atoms with E-state index in [4.69, 9.17) is 9.47 Å². The third kappa shape index (κ3) is 5.62. The van der Waals surface area contributed by atoms with Crippen LogP contribution >= 0.6 is 0 Å². The first-order valence-corrected chi connectivity index (χ1v) is 10.9. The predicted molar refractivity (Wildman–Crippen MR) is 133 cm³/mol. The monoisotopic (exact) mass is 448 g/mol.